The van der Waals surface area contributed by atoms with Crippen molar-refractivity contribution in [1.82, 2.24) is 4.90 Å². The van der Waals surface area contributed by atoms with Gasteiger partial charge in [0.25, 0.3) is 0 Å². The van der Waals surface area contributed by atoms with E-state index in [0.29, 0.717) is 0 Å². The maximum Gasteiger partial charge on any atom is 0.410 e. The van der Waals surface area contributed by atoms with Crippen LogP contribution in [-0.4, -0.2) is 29.1 Å². The highest BCUT2D eigenvalue weighted by Crippen LogP contribution is 2.33. The molecule has 2 aromatic rings. The molecule has 0 aliphatic carbocycles. The molecule has 5 nitrogen and oxygen atoms in total. The van der Waals surface area contributed by atoms with E-state index in [9.17, 15) is 14.7 Å². The number of carbonyl (C=O) groups is 2. The summed E-state index contributed by atoms with van der Waals surface area (Å²) in [5.41, 5.74) is 0.939. The molecular formula is C17H15Cl2NO4. The summed E-state index contributed by atoms with van der Waals surface area (Å²) in [5, 5.41) is 9.84. The molecule has 0 saturated heterocycles. The first-order chi connectivity index (χ1) is 11.4. The fraction of sp³-hybridized carbons (Fsp3) is 0.176. The summed E-state index contributed by atoms with van der Waals surface area (Å²) in [6.45, 7) is 0.0343. The van der Waals surface area contributed by atoms with Gasteiger partial charge in [-0.3, -0.25) is 4.90 Å². The third-order valence-electron chi connectivity index (χ3n) is 3.39. The van der Waals surface area contributed by atoms with Gasteiger partial charge in [-0.05, 0) is 17.7 Å². The van der Waals surface area contributed by atoms with E-state index < -0.39 is 18.1 Å². The van der Waals surface area contributed by atoms with Gasteiger partial charge < -0.3 is 9.84 Å². The zero-order chi connectivity index (χ0) is 17.7. The summed E-state index contributed by atoms with van der Waals surface area (Å²) in [6.07, 6.45) is -0.790. The quantitative estimate of drug-likeness (QED) is 0.850. The predicted octanol–water partition coefficient (Wildman–Crippen LogP) is 4.39. The van der Waals surface area contributed by atoms with Crippen molar-refractivity contribution < 1.29 is 19.4 Å². The Labute approximate surface area is 149 Å². The zero-order valence-corrected chi connectivity index (χ0v) is 14.3. The second-order valence-corrected chi connectivity index (χ2v) is 5.84. The molecule has 0 aromatic heterocycles. The van der Waals surface area contributed by atoms with Crippen LogP contribution in [-0.2, 0) is 16.1 Å². The summed E-state index contributed by atoms with van der Waals surface area (Å²) in [5.74, 6) is -1.26. The monoisotopic (exact) mass is 367 g/mol. The molecule has 24 heavy (non-hydrogen) atoms. The van der Waals surface area contributed by atoms with Gasteiger partial charge >= 0.3 is 12.1 Å². The molecule has 0 spiro atoms. The van der Waals surface area contributed by atoms with Crippen LogP contribution >= 0.6 is 23.2 Å². The van der Waals surface area contributed by atoms with Gasteiger partial charge in [0.2, 0.25) is 0 Å². The molecule has 2 rings (SSSR count). The lowest BCUT2D eigenvalue weighted by Crippen LogP contribution is -2.36. The second-order valence-electron chi connectivity index (χ2n) is 5.03. The van der Waals surface area contributed by atoms with Crippen LogP contribution in [0.3, 0.4) is 0 Å². The van der Waals surface area contributed by atoms with Crippen molar-refractivity contribution in [3.05, 3.63) is 69.7 Å². The van der Waals surface area contributed by atoms with Gasteiger partial charge in [-0.15, -0.1) is 0 Å². The minimum Gasteiger partial charge on any atom is -0.479 e. The Kier molecular flexibility index (Phi) is 6.06. The van der Waals surface area contributed by atoms with E-state index in [1.54, 1.807) is 18.2 Å². The van der Waals surface area contributed by atoms with E-state index in [4.69, 9.17) is 27.9 Å². The highest BCUT2D eigenvalue weighted by molar-refractivity contribution is 6.36. The first-order valence-electron chi connectivity index (χ1n) is 7.02. The number of rotatable bonds is 5. The van der Waals surface area contributed by atoms with Crippen LogP contribution in [0.15, 0.2) is 48.5 Å². The number of aliphatic carboxylic acids is 1. The van der Waals surface area contributed by atoms with E-state index in [1.165, 1.54) is 19.2 Å². The number of carboxylic acid groups (broad SMARTS) is 1. The third kappa shape index (κ3) is 4.19. The lowest BCUT2D eigenvalue weighted by atomic mass is 10.1. The van der Waals surface area contributed by atoms with E-state index in [1.807, 2.05) is 18.2 Å². The van der Waals surface area contributed by atoms with Crippen LogP contribution < -0.4 is 0 Å². The molecule has 0 bridgehead atoms. The smallest absolute Gasteiger partial charge is 0.410 e. The Bertz CT molecular complexity index is 716. The van der Waals surface area contributed by atoms with E-state index >= 15 is 0 Å². The zero-order valence-electron chi connectivity index (χ0n) is 12.8. The molecule has 0 fully saturated rings. The molecule has 1 unspecified atom stereocenters. The summed E-state index contributed by atoms with van der Waals surface area (Å²) in [6, 6.07) is 12.4. The van der Waals surface area contributed by atoms with Crippen molar-refractivity contribution in [2.45, 2.75) is 12.6 Å². The first-order valence-corrected chi connectivity index (χ1v) is 7.77. The number of amides is 1. The Morgan fingerprint density at radius 3 is 2.21 bits per heavy atom. The average Bonchev–Trinajstić information content (AvgIpc) is 2.56. The lowest BCUT2D eigenvalue weighted by molar-refractivity contribution is -0.142. The molecule has 7 heteroatoms. The van der Waals surface area contributed by atoms with Crippen molar-refractivity contribution in [1.29, 1.82) is 0 Å². The molecule has 0 saturated carbocycles. The molecule has 0 aliphatic heterocycles. The first kappa shape index (κ1) is 18.1. The topological polar surface area (TPSA) is 66.8 Å². The molecule has 0 aliphatic rings. The van der Waals surface area contributed by atoms with Crippen LogP contribution in [0.25, 0.3) is 0 Å². The third-order valence-corrected chi connectivity index (χ3v) is 4.05. The van der Waals surface area contributed by atoms with Crippen LogP contribution in [0.5, 0.6) is 0 Å². The molecule has 126 valence electrons. The Morgan fingerprint density at radius 1 is 1.08 bits per heavy atom. The second kappa shape index (κ2) is 8.04. The van der Waals surface area contributed by atoms with E-state index in [0.717, 1.165) is 10.5 Å². The molecule has 1 amide bonds. The normalized spacial score (nSPS) is 11.6. The van der Waals surface area contributed by atoms with Crippen molar-refractivity contribution in [3.63, 3.8) is 0 Å². The number of nitrogens with zero attached hydrogens (tertiary/aromatic N) is 1. The molecule has 1 N–H and O–H groups in total. The molecule has 0 radical (unpaired) electrons. The van der Waals surface area contributed by atoms with E-state index in [-0.39, 0.29) is 22.2 Å². The summed E-state index contributed by atoms with van der Waals surface area (Å²) in [7, 11) is 1.33. The molecule has 2 aromatic carbocycles. The van der Waals surface area contributed by atoms with Crippen LogP contribution in [0, 0.1) is 0 Å². The molecule has 0 heterocycles. The van der Waals surface area contributed by atoms with Crippen molar-refractivity contribution in [2.24, 2.45) is 0 Å². The lowest BCUT2D eigenvalue weighted by Gasteiger charge is -2.26. The summed E-state index contributed by atoms with van der Waals surface area (Å²) >= 11 is 12.1. The van der Waals surface area contributed by atoms with Crippen LogP contribution in [0.2, 0.25) is 10.0 Å². The van der Waals surface area contributed by atoms with Crippen LogP contribution in [0.1, 0.15) is 17.2 Å². The minimum absolute atomic E-state index is 0.0343. The fourth-order valence-electron chi connectivity index (χ4n) is 2.18. The summed E-state index contributed by atoms with van der Waals surface area (Å²) < 4.78 is 5.16. The van der Waals surface area contributed by atoms with Crippen molar-refractivity contribution in [2.75, 3.05) is 7.05 Å². The van der Waals surface area contributed by atoms with Gasteiger partial charge in [-0.1, -0.05) is 59.6 Å². The van der Waals surface area contributed by atoms with Crippen molar-refractivity contribution >= 4 is 35.3 Å². The maximum atomic E-state index is 12.2. The van der Waals surface area contributed by atoms with Crippen LogP contribution in [0.4, 0.5) is 4.79 Å². The van der Waals surface area contributed by atoms with Crippen molar-refractivity contribution in [3.8, 4) is 0 Å². The fourth-order valence-corrected chi connectivity index (χ4v) is 2.79. The number of ether oxygens (including phenoxy) is 1. The number of hydrogen-bond acceptors (Lipinski definition) is 3. The highest BCUT2D eigenvalue weighted by Gasteiger charge is 2.32. The van der Waals surface area contributed by atoms with Gasteiger partial charge in [0.15, 0.2) is 6.04 Å². The highest BCUT2D eigenvalue weighted by atomic mass is 35.5. The Morgan fingerprint density at radius 2 is 1.67 bits per heavy atom. The number of benzene rings is 2. The van der Waals surface area contributed by atoms with Gasteiger partial charge in [-0.2, -0.15) is 0 Å². The number of halogens is 2. The number of hydrogen-bond donors (Lipinski definition) is 1. The number of carboxylic acids is 1. The SMILES string of the molecule is CN(C(=O)OCc1ccccc1)C(C(=O)O)c1c(Cl)cccc1Cl. The average molecular weight is 368 g/mol. The minimum atomic E-state index is -1.35. The largest absolute Gasteiger partial charge is 0.479 e. The van der Waals surface area contributed by atoms with Gasteiger partial charge in [0.1, 0.15) is 6.61 Å². The van der Waals surface area contributed by atoms with E-state index in [2.05, 4.69) is 0 Å². The Balaban J connectivity index is 2.18. The number of carbonyl (C=O) groups excluding carboxylic acids is 1. The molecular weight excluding hydrogens is 353 g/mol. The van der Waals surface area contributed by atoms with Gasteiger partial charge in [-0.25, -0.2) is 9.59 Å². The molecule has 1 atom stereocenters. The summed E-state index contributed by atoms with van der Waals surface area (Å²) in [4.78, 5) is 24.8. The predicted molar refractivity (Wildman–Crippen MR) is 91.2 cm³/mol. The van der Waals surface area contributed by atoms with Gasteiger partial charge in [0.05, 0.1) is 0 Å². The van der Waals surface area contributed by atoms with Gasteiger partial charge in [0, 0.05) is 22.7 Å². The standard InChI is InChI=1S/C17H15Cl2NO4/c1-20(17(23)24-10-11-6-3-2-4-7-11)15(16(21)22)14-12(18)8-5-9-13(14)19/h2-9,15H,10H2,1H3,(H,21,22). The Hall–Kier alpha value is -2.24. The number of likely N-dealkylation sites (N-methyl/N-ethyl adjacent to an activating group) is 1. The maximum absolute atomic E-state index is 12.2.